The molecule has 1 heterocycles. The first kappa shape index (κ1) is 13.9. The molecule has 0 aliphatic rings. The third kappa shape index (κ3) is 2.70. The monoisotopic (exact) mass is 290 g/mol. The minimum Gasteiger partial charge on any atom is -0.493 e. The summed E-state index contributed by atoms with van der Waals surface area (Å²) < 4.78 is 11.2. The van der Waals surface area contributed by atoms with Crippen molar-refractivity contribution in [1.82, 2.24) is 4.98 Å². The Hall–Kier alpha value is -3.06. The summed E-state index contributed by atoms with van der Waals surface area (Å²) in [6.07, 6.45) is 1.73. The van der Waals surface area contributed by atoms with Crippen LogP contribution >= 0.6 is 0 Å². The van der Waals surface area contributed by atoms with Crippen molar-refractivity contribution in [3.8, 4) is 11.8 Å². The summed E-state index contributed by atoms with van der Waals surface area (Å²) in [7, 11) is 0. The highest BCUT2D eigenvalue weighted by atomic mass is 16.5. The Labute approximate surface area is 128 Å². The Morgan fingerprint density at radius 2 is 2.00 bits per heavy atom. The molecule has 0 atom stereocenters. The van der Waals surface area contributed by atoms with Crippen molar-refractivity contribution in [2.45, 2.75) is 6.92 Å². The fraction of sp³-hybridized carbons (Fsp3) is 0.111. The molecule has 0 N–H and O–H groups in total. The second kappa shape index (κ2) is 6.15. The molecule has 0 spiro atoms. The molecular weight excluding hydrogens is 276 g/mol. The molecule has 0 saturated heterocycles. The average molecular weight is 290 g/mol. The minimum atomic E-state index is 0.315. The van der Waals surface area contributed by atoms with Crippen molar-refractivity contribution in [2.24, 2.45) is 0 Å². The third-order valence-corrected chi connectivity index (χ3v) is 3.16. The predicted molar refractivity (Wildman–Crippen MR) is 85.1 cm³/mol. The number of rotatable bonds is 4. The Kier molecular flexibility index (Phi) is 3.88. The molecule has 4 heteroatoms. The van der Waals surface area contributed by atoms with Gasteiger partial charge in [-0.15, -0.1) is 0 Å². The zero-order valence-electron chi connectivity index (χ0n) is 12.1. The van der Waals surface area contributed by atoms with E-state index in [1.54, 1.807) is 6.08 Å². The summed E-state index contributed by atoms with van der Waals surface area (Å²) in [6.45, 7) is 2.49. The van der Waals surface area contributed by atoms with Gasteiger partial charge < -0.3 is 9.15 Å². The molecule has 0 bridgehead atoms. The molecule has 4 nitrogen and oxygen atoms in total. The van der Waals surface area contributed by atoms with Crippen LogP contribution in [-0.4, -0.2) is 11.6 Å². The lowest BCUT2D eigenvalue weighted by molar-refractivity contribution is 0.339. The van der Waals surface area contributed by atoms with Gasteiger partial charge in [-0.25, -0.2) is 4.98 Å². The summed E-state index contributed by atoms with van der Waals surface area (Å²) in [5.41, 5.74) is 2.58. The van der Waals surface area contributed by atoms with E-state index in [0.29, 0.717) is 23.7 Å². The Balaban J connectivity index is 2.06. The van der Waals surface area contributed by atoms with Crippen LogP contribution in [0.5, 0.6) is 5.75 Å². The smallest absolute Gasteiger partial charge is 0.238 e. The van der Waals surface area contributed by atoms with Crippen molar-refractivity contribution < 1.29 is 9.15 Å². The van der Waals surface area contributed by atoms with Crippen LogP contribution in [0.25, 0.3) is 22.7 Å². The predicted octanol–water partition coefficient (Wildman–Crippen LogP) is 4.29. The van der Waals surface area contributed by atoms with Gasteiger partial charge >= 0.3 is 0 Å². The summed E-state index contributed by atoms with van der Waals surface area (Å²) in [4.78, 5) is 4.36. The van der Waals surface area contributed by atoms with Gasteiger partial charge in [-0.1, -0.05) is 30.3 Å². The number of hydrogen-bond donors (Lipinski definition) is 0. The molecule has 0 aliphatic carbocycles. The molecule has 22 heavy (non-hydrogen) atoms. The van der Waals surface area contributed by atoms with Gasteiger partial charge in [-0.2, -0.15) is 5.26 Å². The zero-order valence-corrected chi connectivity index (χ0v) is 12.1. The van der Waals surface area contributed by atoms with E-state index in [-0.39, 0.29) is 0 Å². The maximum atomic E-state index is 9.43. The van der Waals surface area contributed by atoms with Crippen LogP contribution in [0.1, 0.15) is 18.4 Å². The van der Waals surface area contributed by atoms with Crippen LogP contribution < -0.4 is 4.74 Å². The van der Waals surface area contributed by atoms with E-state index in [0.717, 1.165) is 16.8 Å². The maximum Gasteiger partial charge on any atom is 0.238 e. The highest BCUT2D eigenvalue weighted by molar-refractivity contribution is 5.89. The fourth-order valence-electron chi connectivity index (χ4n) is 2.17. The first-order chi connectivity index (χ1) is 10.8. The van der Waals surface area contributed by atoms with E-state index >= 15 is 0 Å². The normalized spacial score (nSPS) is 11.4. The van der Waals surface area contributed by atoms with Crippen molar-refractivity contribution in [1.29, 1.82) is 5.26 Å². The maximum absolute atomic E-state index is 9.43. The van der Waals surface area contributed by atoms with E-state index in [1.165, 1.54) is 0 Å². The number of hydrogen-bond acceptors (Lipinski definition) is 4. The van der Waals surface area contributed by atoms with Crippen LogP contribution in [0.15, 0.2) is 52.9 Å². The molecule has 0 saturated carbocycles. The summed E-state index contributed by atoms with van der Waals surface area (Å²) in [5, 5.41) is 9.43. The number of ether oxygens (including phenoxy) is 1. The number of fused-ring (bicyclic) bond motifs is 1. The molecule has 3 rings (SSSR count). The second-order valence-corrected chi connectivity index (χ2v) is 4.63. The van der Waals surface area contributed by atoms with E-state index in [1.807, 2.05) is 55.5 Å². The van der Waals surface area contributed by atoms with Crippen LogP contribution in [0, 0.1) is 11.3 Å². The van der Waals surface area contributed by atoms with Gasteiger partial charge in [0.1, 0.15) is 22.9 Å². The van der Waals surface area contributed by atoms with E-state index in [2.05, 4.69) is 11.1 Å². The summed E-state index contributed by atoms with van der Waals surface area (Å²) in [5.74, 6) is 1.05. The quantitative estimate of drug-likeness (QED) is 0.672. The molecule has 3 aromatic rings. The van der Waals surface area contributed by atoms with E-state index in [4.69, 9.17) is 9.15 Å². The summed E-state index contributed by atoms with van der Waals surface area (Å²) in [6, 6.07) is 17.1. The number of aromatic nitrogens is 1. The van der Waals surface area contributed by atoms with Crippen LogP contribution in [0.4, 0.5) is 0 Å². The van der Waals surface area contributed by atoms with Crippen molar-refractivity contribution >= 4 is 22.7 Å². The Morgan fingerprint density at radius 1 is 1.23 bits per heavy atom. The molecule has 0 fully saturated rings. The van der Waals surface area contributed by atoms with E-state index in [9.17, 15) is 5.26 Å². The Morgan fingerprint density at radius 3 is 2.77 bits per heavy atom. The van der Waals surface area contributed by atoms with Gasteiger partial charge in [-0.3, -0.25) is 0 Å². The lowest BCUT2D eigenvalue weighted by Gasteiger charge is -2.06. The molecule has 1 aromatic heterocycles. The number of nitriles is 1. The molecule has 0 radical (unpaired) electrons. The van der Waals surface area contributed by atoms with Crippen molar-refractivity contribution in [3.05, 3.63) is 60.0 Å². The highest BCUT2D eigenvalue weighted by Gasteiger charge is 2.11. The fourth-order valence-corrected chi connectivity index (χ4v) is 2.17. The Bertz CT molecular complexity index is 839. The second-order valence-electron chi connectivity index (χ2n) is 4.63. The van der Waals surface area contributed by atoms with Gasteiger partial charge in [0, 0.05) is 5.56 Å². The third-order valence-electron chi connectivity index (χ3n) is 3.16. The van der Waals surface area contributed by atoms with Gasteiger partial charge in [0.15, 0.2) is 5.58 Å². The minimum absolute atomic E-state index is 0.315. The number of para-hydroxylation sites is 3. The van der Waals surface area contributed by atoms with Gasteiger partial charge in [-0.05, 0) is 31.2 Å². The summed E-state index contributed by atoms with van der Waals surface area (Å²) >= 11 is 0. The zero-order chi connectivity index (χ0) is 15.4. The molecule has 0 unspecified atom stereocenters. The first-order valence-corrected chi connectivity index (χ1v) is 7.01. The molecule has 108 valence electrons. The molecule has 2 aromatic carbocycles. The van der Waals surface area contributed by atoms with Crippen LogP contribution in [0.2, 0.25) is 0 Å². The van der Waals surface area contributed by atoms with E-state index < -0.39 is 0 Å². The SMILES string of the molecule is CCOc1ccccc1/C=C(\C#N)c1nc2ccccc2o1. The standard InChI is InChI=1S/C18H14N2O2/c1-2-21-16-9-5-3-7-13(16)11-14(12-19)18-20-15-8-4-6-10-17(15)22-18/h3-11H,2H2,1H3/b14-11+. The number of nitrogens with zero attached hydrogens (tertiary/aromatic N) is 2. The van der Waals surface area contributed by atoms with Crippen molar-refractivity contribution in [2.75, 3.05) is 6.61 Å². The van der Waals surface area contributed by atoms with Gasteiger partial charge in [0.05, 0.1) is 6.61 Å². The number of allylic oxidation sites excluding steroid dienone is 1. The van der Waals surface area contributed by atoms with Gasteiger partial charge in [0.2, 0.25) is 5.89 Å². The van der Waals surface area contributed by atoms with Crippen LogP contribution in [-0.2, 0) is 0 Å². The molecule has 0 aliphatic heterocycles. The number of oxazole rings is 1. The highest BCUT2D eigenvalue weighted by Crippen LogP contribution is 2.26. The largest absolute Gasteiger partial charge is 0.493 e. The van der Waals surface area contributed by atoms with Crippen LogP contribution in [0.3, 0.4) is 0 Å². The van der Waals surface area contributed by atoms with Gasteiger partial charge in [0.25, 0.3) is 0 Å². The average Bonchev–Trinajstić information content (AvgIpc) is 2.98. The number of benzene rings is 2. The molecular formula is C18H14N2O2. The lowest BCUT2D eigenvalue weighted by atomic mass is 10.1. The lowest BCUT2D eigenvalue weighted by Crippen LogP contribution is -1.93. The molecule has 0 amide bonds. The van der Waals surface area contributed by atoms with Crippen molar-refractivity contribution in [3.63, 3.8) is 0 Å². The first-order valence-electron chi connectivity index (χ1n) is 7.01. The topological polar surface area (TPSA) is 59.0 Å².